The molecule has 0 aliphatic rings. The summed E-state index contributed by atoms with van der Waals surface area (Å²) in [6.07, 6.45) is 0. The van der Waals surface area contributed by atoms with Gasteiger partial charge in [0.1, 0.15) is 11.6 Å². The first-order chi connectivity index (χ1) is 11.4. The molecule has 0 bridgehead atoms. The Bertz CT molecular complexity index is 720. The average molecular weight is 353 g/mol. The molecule has 2 rings (SSSR count). The highest BCUT2D eigenvalue weighted by atomic mass is 32.1. The molecule has 0 aliphatic carbocycles. The molecule has 0 saturated heterocycles. The highest BCUT2D eigenvalue weighted by Crippen LogP contribution is 2.20. The van der Waals surface area contributed by atoms with Crippen LogP contribution in [0.1, 0.15) is 11.6 Å². The number of carbonyl (C=O) groups is 2. The number of halogens is 2. The first kappa shape index (κ1) is 18.0. The molecule has 2 N–H and O–H groups in total. The zero-order valence-corrected chi connectivity index (χ0v) is 14.0. The molecule has 0 spiro atoms. The first-order valence-electron chi connectivity index (χ1n) is 7.11. The van der Waals surface area contributed by atoms with E-state index in [0.717, 1.165) is 23.8 Å². The van der Waals surface area contributed by atoms with Gasteiger partial charge in [-0.3, -0.25) is 9.59 Å². The van der Waals surface area contributed by atoms with Crippen LogP contribution in [0.15, 0.2) is 35.0 Å². The van der Waals surface area contributed by atoms with Crippen LogP contribution in [-0.2, 0) is 9.59 Å². The van der Waals surface area contributed by atoms with Gasteiger partial charge in [0.15, 0.2) is 0 Å². The van der Waals surface area contributed by atoms with E-state index in [2.05, 4.69) is 10.6 Å². The summed E-state index contributed by atoms with van der Waals surface area (Å²) in [4.78, 5) is 25.6. The third-order valence-corrected chi connectivity index (χ3v) is 4.09. The van der Waals surface area contributed by atoms with Crippen LogP contribution < -0.4 is 10.6 Å². The number of amides is 2. The fraction of sp³-hybridized carbons (Fsp3) is 0.250. The van der Waals surface area contributed by atoms with Gasteiger partial charge in [-0.15, -0.1) is 0 Å². The minimum atomic E-state index is -1.05. The van der Waals surface area contributed by atoms with Crippen molar-refractivity contribution in [1.82, 2.24) is 10.2 Å². The smallest absolute Gasteiger partial charge is 0.313 e. The van der Waals surface area contributed by atoms with Gasteiger partial charge in [-0.2, -0.15) is 11.3 Å². The molecule has 0 fully saturated rings. The third-order valence-electron chi connectivity index (χ3n) is 3.39. The van der Waals surface area contributed by atoms with Gasteiger partial charge in [-0.25, -0.2) is 8.78 Å². The number of nitrogens with one attached hydrogen (secondary N) is 2. The number of rotatable bonds is 5. The van der Waals surface area contributed by atoms with Crippen LogP contribution in [0.3, 0.4) is 0 Å². The van der Waals surface area contributed by atoms with Crippen LogP contribution >= 0.6 is 11.3 Å². The lowest BCUT2D eigenvalue weighted by atomic mass is 10.1. The Kier molecular flexibility index (Phi) is 5.99. The molecule has 2 aromatic rings. The van der Waals surface area contributed by atoms with Crippen LogP contribution in [0.25, 0.3) is 0 Å². The predicted molar refractivity (Wildman–Crippen MR) is 88.7 cm³/mol. The molecule has 2 amide bonds. The second-order valence-corrected chi connectivity index (χ2v) is 6.10. The van der Waals surface area contributed by atoms with E-state index in [4.69, 9.17) is 0 Å². The lowest BCUT2D eigenvalue weighted by Gasteiger charge is -2.23. The van der Waals surface area contributed by atoms with Gasteiger partial charge >= 0.3 is 11.8 Å². The number of nitrogens with zero attached hydrogens (tertiary/aromatic N) is 1. The molecule has 128 valence electrons. The van der Waals surface area contributed by atoms with Crippen molar-refractivity contribution in [2.24, 2.45) is 0 Å². The molecule has 5 nitrogen and oxygen atoms in total. The van der Waals surface area contributed by atoms with E-state index >= 15 is 0 Å². The lowest BCUT2D eigenvalue weighted by molar-refractivity contribution is -0.136. The van der Waals surface area contributed by atoms with Crippen LogP contribution in [0.2, 0.25) is 0 Å². The van der Waals surface area contributed by atoms with E-state index in [0.29, 0.717) is 0 Å². The Morgan fingerprint density at radius 2 is 1.96 bits per heavy atom. The fourth-order valence-corrected chi connectivity index (χ4v) is 2.81. The molecule has 1 heterocycles. The predicted octanol–water partition coefficient (Wildman–Crippen LogP) is 2.38. The maximum atomic E-state index is 13.5. The number of thiophene rings is 1. The van der Waals surface area contributed by atoms with Crippen molar-refractivity contribution in [3.63, 3.8) is 0 Å². The Morgan fingerprint density at radius 3 is 2.58 bits per heavy atom. The Labute approximate surface area is 142 Å². The molecule has 0 aliphatic heterocycles. The minimum Gasteiger partial charge on any atom is -0.346 e. The summed E-state index contributed by atoms with van der Waals surface area (Å²) in [5.41, 5.74) is 0.638. The van der Waals surface area contributed by atoms with Crippen LogP contribution in [0.5, 0.6) is 0 Å². The molecule has 8 heteroatoms. The fourth-order valence-electron chi connectivity index (χ4n) is 2.11. The lowest BCUT2D eigenvalue weighted by Crippen LogP contribution is -2.40. The van der Waals surface area contributed by atoms with Crippen molar-refractivity contribution in [1.29, 1.82) is 0 Å². The topological polar surface area (TPSA) is 61.4 Å². The van der Waals surface area contributed by atoms with E-state index in [9.17, 15) is 18.4 Å². The van der Waals surface area contributed by atoms with E-state index in [1.165, 1.54) is 11.3 Å². The zero-order chi connectivity index (χ0) is 17.7. The van der Waals surface area contributed by atoms with Crippen molar-refractivity contribution in [3.8, 4) is 0 Å². The monoisotopic (exact) mass is 353 g/mol. The number of anilines is 1. The average Bonchev–Trinajstić information content (AvgIpc) is 3.04. The molecule has 1 aromatic carbocycles. The first-order valence-corrected chi connectivity index (χ1v) is 8.05. The van der Waals surface area contributed by atoms with Crippen LogP contribution in [0.4, 0.5) is 14.5 Å². The van der Waals surface area contributed by atoms with Crippen molar-refractivity contribution >= 4 is 28.8 Å². The van der Waals surface area contributed by atoms with E-state index < -0.39 is 23.4 Å². The van der Waals surface area contributed by atoms with E-state index in [1.54, 1.807) is 0 Å². The van der Waals surface area contributed by atoms with E-state index in [1.807, 2.05) is 35.8 Å². The molecular formula is C16H17F2N3O2S. The van der Waals surface area contributed by atoms with E-state index in [-0.39, 0.29) is 18.3 Å². The summed E-state index contributed by atoms with van der Waals surface area (Å²) < 4.78 is 26.6. The highest BCUT2D eigenvalue weighted by molar-refractivity contribution is 7.07. The quantitative estimate of drug-likeness (QED) is 0.812. The van der Waals surface area contributed by atoms with Gasteiger partial charge in [0.05, 0.1) is 11.7 Å². The standard InChI is InChI=1S/C16H17F2N3O2S/c1-21(2)14(10-5-6-24-9-10)8-19-15(22)16(23)20-13-7-11(17)3-4-12(13)18/h3-7,9,14H,8H2,1-2H3,(H,19,22)(H,20,23). The third kappa shape index (κ3) is 4.59. The number of hydrogen-bond donors (Lipinski definition) is 2. The maximum absolute atomic E-state index is 13.5. The van der Waals surface area contributed by atoms with Crippen LogP contribution in [0, 0.1) is 11.6 Å². The van der Waals surface area contributed by atoms with Gasteiger partial charge in [0.25, 0.3) is 0 Å². The summed E-state index contributed by atoms with van der Waals surface area (Å²) in [6, 6.07) is 4.45. The van der Waals surface area contributed by atoms with Gasteiger partial charge < -0.3 is 15.5 Å². The summed E-state index contributed by atoms with van der Waals surface area (Å²) in [5.74, 6) is -3.50. The molecule has 1 atom stereocenters. The summed E-state index contributed by atoms with van der Waals surface area (Å²) in [5, 5.41) is 8.44. The van der Waals surface area contributed by atoms with Gasteiger partial charge in [-0.1, -0.05) is 0 Å². The Morgan fingerprint density at radius 1 is 1.21 bits per heavy atom. The number of hydrogen-bond acceptors (Lipinski definition) is 4. The van der Waals surface area contributed by atoms with Crippen molar-refractivity contribution in [3.05, 3.63) is 52.2 Å². The van der Waals surface area contributed by atoms with Gasteiger partial charge in [-0.05, 0) is 48.6 Å². The molecule has 0 saturated carbocycles. The maximum Gasteiger partial charge on any atom is 0.313 e. The number of benzene rings is 1. The summed E-state index contributed by atoms with van der Waals surface area (Å²) in [6.45, 7) is 0.210. The Balaban J connectivity index is 1.96. The summed E-state index contributed by atoms with van der Waals surface area (Å²) >= 11 is 1.53. The molecule has 24 heavy (non-hydrogen) atoms. The summed E-state index contributed by atoms with van der Waals surface area (Å²) in [7, 11) is 3.72. The molecule has 1 unspecified atom stereocenters. The number of likely N-dealkylation sites (N-methyl/N-ethyl adjacent to an activating group) is 1. The Hall–Kier alpha value is -2.32. The van der Waals surface area contributed by atoms with Crippen molar-refractivity contribution in [2.75, 3.05) is 26.0 Å². The molecule has 1 aromatic heterocycles. The van der Waals surface area contributed by atoms with Crippen molar-refractivity contribution in [2.45, 2.75) is 6.04 Å². The second kappa shape index (κ2) is 7.98. The SMILES string of the molecule is CN(C)C(CNC(=O)C(=O)Nc1cc(F)ccc1F)c1ccsc1. The van der Waals surface area contributed by atoms with Gasteiger partial charge in [0.2, 0.25) is 0 Å². The normalized spacial score (nSPS) is 12.0. The molecule has 0 radical (unpaired) electrons. The highest BCUT2D eigenvalue weighted by Gasteiger charge is 2.20. The van der Waals surface area contributed by atoms with Crippen molar-refractivity contribution < 1.29 is 18.4 Å². The molecular weight excluding hydrogens is 336 g/mol. The van der Waals surface area contributed by atoms with Gasteiger partial charge in [0, 0.05) is 12.6 Å². The second-order valence-electron chi connectivity index (χ2n) is 5.32. The van der Waals surface area contributed by atoms with Crippen LogP contribution in [-0.4, -0.2) is 37.4 Å². The number of carbonyl (C=O) groups excluding carboxylic acids is 2. The minimum absolute atomic E-state index is 0.0982. The zero-order valence-electron chi connectivity index (χ0n) is 13.2. The largest absolute Gasteiger partial charge is 0.346 e.